The lowest BCUT2D eigenvalue weighted by Crippen LogP contribution is -2.68. The zero-order valence-corrected chi connectivity index (χ0v) is 10.6. The van der Waals surface area contributed by atoms with Crippen molar-refractivity contribution < 1.29 is 14.6 Å². The van der Waals surface area contributed by atoms with Crippen molar-refractivity contribution in [1.82, 2.24) is 10.6 Å². The number of nitrogens with one attached hydrogen (secondary N) is 2. The molecule has 92 valence electrons. The van der Waals surface area contributed by atoms with E-state index in [1.165, 1.54) is 6.92 Å². The van der Waals surface area contributed by atoms with E-state index >= 15 is 0 Å². The second-order valence-corrected chi connectivity index (χ2v) is 4.40. The fraction of sp³-hybridized carbons (Fsp3) is 0.800. The van der Waals surface area contributed by atoms with Crippen LogP contribution in [0.25, 0.3) is 0 Å². The van der Waals surface area contributed by atoms with Gasteiger partial charge in [-0.3, -0.25) is 4.79 Å². The topological polar surface area (TPSA) is 70.6 Å². The van der Waals surface area contributed by atoms with Crippen LogP contribution in [0.3, 0.4) is 0 Å². The molecular weight excluding hydrogens is 228 g/mol. The number of ether oxygens (including phenoxy) is 1. The molecular formula is C10H18N2O3S. The van der Waals surface area contributed by atoms with Crippen molar-refractivity contribution in [3.63, 3.8) is 0 Å². The third-order valence-electron chi connectivity index (χ3n) is 2.67. The molecule has 0 aliphatic carbocycles. The molecule has 0 aromatic carbocycles. The Labute approximate surface area is 101 Å². The average Bonchev–Trinajstić information content (AvgIpc) is 2.14. The molecule has 0 bridgehead atoms. The third kappa shape index (κ3) is 2.62. The molecule has 1 fully saturated rings. The Hall–Kier alpha value is -0.880. The Kier molecular flexibility index (Phi) is 4.09. The van der Waals surface area contributed by atoms with Gasteiger partial charge in [-0.15, -0.1) is 0 Å². The second kappa shape index (κ2) is 4.97. The van der Waals surface area contributed by atoms with Crippen molar-refractivity contribution in [2.24, 2.45) is 5.92 Å². The molecule has 3 N–H and O–H groups in total. The zero-order chi connectivity index (χ0) is 12.3. The highest BCUT2D eigenvalue weighted by molar-refractivity contribution is 7.80. The van der Waals surface area contributed by atoms with E-state index in [9.17, 15) is 9.90 Å². The molecule has 6 heteroatoms. The van der Waals surface area contributed by atoms with Gasteiger partial charge in [0, 0.05) is 6.04 Å². The Balaban J connectivity index is 2.90. The van der Waals surface area contributed by atoms with E-state index in [2.05, 4.69) is 10.6 Å². The van der Waals surface area contributed by atoms with Crippen LogP contribution in [0.2, 0.25) is 0 Å². The lowest BCUT2D eigenvalue weighted by molar-refractivity contribution is -0.162. The summed E-state index contributed by atoms with van der Waals surface area (Å²) in [6, 6.07) is -0.206. The van der Waals surface area contributed by atoms with Gasteiger partial charge in [0.1, 0.15) is 11.6 Å². The van der Waals surface area contributed by atoms with Gasteiger partial charge in [-0.2, -0.15) is 0 Å². The van der Waals surface area contributed by atoms with Gasteiger partial charge >= 0.3 is 5.97 Å². The van der Waals surface area contributed by atoms with Crippen molar-refractivity contribution in [2.45, 2.75) is 39.0 Å². The molecule has 3 atom stereocenters. The first kappa shape index (κ1) is 13.2. The Bertz CT molecular complexity index is 294. The molecule has 0 amide bonds. The standard InChI is InChI=1S/C10H18N2O3S/c1-4-6-7(8(13)15-5-2)10(3,14)12-9(16)11-6/h6-7,14H,4-5H2,1-3H3,(H2,11,12,16)/t6-,7-,10-/m0/s1. The van der Waals surface area contributed by atoms with E-state index in [1.54, 1.807) is 6.92 Å². The molecule has 1 aliphatic rings. The average molecular weight is 246 g/mol. The summed E-state index contributed by atoms with van der Waals surface area (Å²) in [5.41, 5.74) is -1.37. The van der Waals surface area contributed by atoms with Crippen LogP contribution in [0.1, 0.15) is 27.2 Å². The monoisotopic (exact) mass is 246 g/mol. The zero-order valence-electron chi connectivity index (χ0n) is 9.74. The maximum Gasteiger partial charge on any atom is 0.315 e. The number of thiocarbonyl (C=S) groups is 1. The van der Waals surface area contributed by atoms with Crippen LogP contribution in [0.4, 0.5) is 0 Å². The lowest BCUT2D eigenvalue weighted by Gasteiger charge is -2.42. The van der Waals surface area contributed by atoms with Crippen LogP contribution < -0.4 is 10.6 Å². The summed E-state index contributed by atoms with van der Waals surface area (Å²) in [6.07, 6.45) is 0.682. The van der Waals surface area contributed by atoms with Crippen molar-refractivity contribution in [3.8, 4) is 0 Å². The Morgan fingerprint density at radius 2 is 2.25 bits per heavy atom. The molecule has 16 heavy (non-hydrogen) atoms. The summed E-state index contributed by atoms with van der Waals surface area (Å²) in [6.45, 7) is 5.49. The van der Waals surface area contributed by atoms with Crippen LogP contribution in [0.5, 0.6) is 0 Å². The quantitative estimate of drug-likeness (QED) is 0.486. The van der Waals surface area contributed by atoms with Crippen molar-refractivity contribution >= 4 is 23.3 Å². The summed E-state index contributed by atoms with van der Waals surface area (Å²) >= 11 is 4.97. The van der Waals surface area contributed by atoms with Crippen LogP contribution in [0, 0.1) is 5.92 Å². The normalized spacial score (nSPS) is 33.9. The van der Waals surface area contributed by atoms with Crippen LogP contribution in [-0.4, -0.2) is 34.6 Å². The van der Waals surface area contributed by atoms with Gasteiger partial charge < -0.3 is 20.5 Å². The summed E-state index contributed by atoms with van der Waals surface area (Å²) in [5.74, 6) is -1.08. The van der Waals surface area contributed by atoms with Crippen LogP contribution in [0.15, 0.2) is 0 Å². The fourth-order valence-electron chi connectivity index (χ4n) is 1.95. The minimum atomic E-state index is -1.37. The molecule has 0 saturated carbocycles. The predicted octanol–water partition coefficient (Wildman–Crippen LogP) is 0.131. The largest absolute Gasteiger partial charge is 0.466 e. The second-order valence-electron chi connectivity index (χ2n) is 3.99. The molecule has 1 heterocycles. The predicted molar refractivity (Wildman–Crippen MR) is 63.7 cm³/mol. The minimum absolute atomic E-state index is 0.206. The van der Waals surface area contributed by atoms with Crippen LogP contribution >= 0.6 is 12.2 Å². The van der Waals surface area contributed by atoms with Gasteiger partial charge in [0.15, 0.2) is 5.11 Å². The lowest BCUT2D eigenvalue weighted by atomic mass is 9.86. The SMILES string of the molecule is CCOC(=O)[C@@H]1[C@H](CC)NC(=S)N[C@@]1(C)O. The Morgan fingerprint density at radius 1 is 1.62 bits per heavy atom. The molecule has 0 unspecified atom stereocenters. The van der Waals surface area contributed by atoms with Gasteiger partial charge in [-0.05, 0) is 32.5 Å². The van der Waals surface area contributed by atoms with Crippen molar-refractivity contribution in [1.29, 1.82) is 0 Å². The molecule has 0 aromatic rings. The van der Waals surface area contributed by atoms with E-state index in [0.717, 1.165) is 0 Å². The Morgan fingerprint density at radius 3 is 2.75 bits per heavy atom. The smallest absolute Gasteiger partial charge is 0.315 e. The highest BCUT2D eigenvalue weighted by Crippen LogP contribution is 2.25. The first-order valence-electron chi connectivity index (χ1n) is 5.40. The number of carbonyl (C=O) groups excluding carboxylic acids is 1. The molecule has 1 rings (SSSR count). The molecule has 5 nitrogen and oxygen atoms in total. The number of aliphatic hydroxyl groups is 1. The van der Waals surface area contributed by atoms with Gasteiger partial charge in [-0.25, -0.2) is 0 Å². The number of esters is 1. The first-order chi connectivity index (χ1) is 7.42. The molecule has 1 aliphatic heterocycles. The highest BCUT2D eigenvalue weighted by atomic mass is 32.1. The van der Waals surface area contributed by atoms with Crippen molar-refractivity contribution in [2.75, 3.05) is 6.61 Å². The molecule has 0 aromatic heterocycles. The summed E-state index contributed by atoms with van der Waals surface area (Å²) in [4.78, 5) is 11.8. The van der Waals surface area contributed by atoms with E-state index < -0.39 is 17.6 Å². The first-order valence-corrected chi connectivity index (χ1v) is 5.80. The van der Waals surface area contributed by atoms with E-state index in [-0.39, 0.29) is 6.04 Å². The third-order valence-corrected chi connectivity index (χ3v) is 2.89. The van der Waals surface area contributed by atoms with Gasteiger partial charge in [0.2, 0.25) is 0 Å². The van der Waals surface area contributed by atoms with E-state index in [0.29, 0.717) is 18.1 Å². The number of hydrogen-bond donors (Lipinski definition) is 3. The van der Waals surface area contributed by atoms with Crippen LogP contribution in [-0.2, 0) is 9.53 Å². The molecule has 0 spiro atoms. The van der Waals surface area contributed by atoms with E-state index in [1.807, 2.05) is 6.92 Å². The minimum Gasteiger partial charge on any atom is -0.466 e. The number of rotatable bonds is 3. The maximum atomic E-state index is 11.8. The highest BCUT2D eigenvalue weighted by Gasteiger charge is 2.47. The maximum absolute atomic E-state index is 11.8. The number of hydrogen-bond acceptors (Lipinski definition) is 4. The van der Waals surface area contributed by atoms with Gasteiger partial charge in [-0.1, -0.05) is 6.92 Å². The molecule has 1 saturated heterocycles. The summed E-state index contributed by atoms with van der Waals surface area (Å²) in [5, 5.41) is 16.2. The fourth-order valence-corrected chi connectivity index (χ4v) is 2.31. The summed E-state index contributed by atoms with van der Waals surface area (Å²) < 4.78 is 4.96. The van der Waals surface area contributed by atoms with E-state index in [4.69, 9.17) is 17.0 Å². The molecule has 0 radical (unpaired) electrons. The summed E-state index contributed by atoms with van der Waals surface area (Å²) in [7, 11) is 0. The number of carbonyl (C=O) groups is 1. The van der Waals surface area contributed by atoms with Gasteiger partial charge in [0.25, 0.3) is 0 Å². The van der Waals surface area contributed by atoms with Crippen molar-refractivity contribution in [3.05, 3.63) is 0 Å². The van der Waals surface area contributed by atoms with Gasteiger partial charge in [0.05, 0.1) is 6.61 Å².